The lowest BCUT2D eigenvalue weighted by molar-refractivity contribution is -0.115. The topological polar surface area (TPSA) is 160 Å². The minimum absolute atomic E-state index is 0.0145. The molecule has 4 rings (SSSR count). The summed E-state index contributed by atoms with van der Waals surface area (Å²) in [5.41, 5.74) is 9.19. The SMILES string of the molecule is CCC(C)N(CC(=O)Nc1ccc(-c2ccccc2S(N)(=O)=O)cc1)c1cccc(C(N)=NC(=O)OC2CCN(C)CC2)c1. The van der Waals surface area contributed by atoms with E-state index in [9.17, 15) is 18.0 Å². The highest BCUT2D eigenvalue weighted by atomic mass is 32.2. The van der Waals surface area contributed by atoms with Crippen LogP contribution in [0.2, 0.25) is 0 Å². The number of nitrogens with zero attached hydrogens (tertiary/aromatic N) is 3. The Balaban J connectivity index is 1.44. The Morgan fingerprint density at radius 3 is 2.41 bits per heavy atom. The van der Waals surface area contributed by atoms with Crippen LogP contribution in [0.4, 0.5) is 16.2 Å². The number of carbonyl (C=O) groups is 2. The summed E-state index contributed by atoms with van der Waals surface area (Å²) in [6, 6.07) is 20.6. The molecule has 1 heterocycles. The van der Waals surface area contributed by atoms with E-state index in [1.165, 1.54) is 6.07 Å². The first kappa shape index (κ1) is 32.6. The number of anilines is 2. The third kappa shape index (κ3) is 8.65. The van der Waals surface area contributed by atoms with Crippen molar-refractivity contribution in [1.82, 2.24) is 4.90 Å². The molecule has 234 valence electrons. The zero-order valence-electron chi connectivity index (χ0n) is 25.3. The van der Waals surface area contributed by atoms with Crippen LogP contribution in [0.15, 0.2) is 82.7 Å². The van der Waals surface area contributed by atoms with Gasteiger partial charge >= 0.3 is 6.09 Å². The standard InChI is InChI=1S/C32H40N6O5S/c1-4-22(2)38(26-9-7-8-24(20-26)31(33)36-32(40)43-27-16-18-37(3)19-17-27)21-30(39)35-25-14-12-23(13-15-25)28-10-5-6-11-29(28)44(34,41)42/h5-15,20,22,27H,4,16-19,21H2,1-3H3,(H,35,39)(H2,33,36,40)(H2,34,41,42). The first-order valence-electron chi connectivity index (χ1n) is 14.6. The molecule has 12 heteroatoms. The van der Waals surface area contributed by atoms with E-state index in [-0.39, 0.29) is 35.3 Å². The van der Waals surface area contributed by atoms with E-state index < -0.39 is 16.1 Å². The molecule has 0 saturated carbocycles. The van der Waals surface area contributed by atoms with Crippen LogP contribution in [0.5, 0.6) is 0 Å². The largest absolute Gasteiger partial charge is 0.444 e. The number of carbonyl (C=O) groups excluding carboxylic acids is 2. The predicted octanol–water partition coefficient (Wildman–Crippen LogP) is 4.18. The van der Waals surface area contributed by atoms with Gasteiger partial charge in [0.2, 0.25) is 15.9 Å². The molecule has 0 spiro atoms. The molecule has 0 radical (unpaired) electrons. The summed E-state index contributed by atoms with van der Waals surface area (Å²) in [7, 11) is -1.86. The Hall–Kier alpha value is -4.26. The number of hydrogen-bond donors (Lipinski definition) is 3. The highest BCUT2D eigenvalue weighted by Gasteiger charge is 2.21. The quantitative estimate of drug-likeness (QED) is 0.225. The molecule has 1 saturated heterocycles. The molecule has 0 bridgehead atoms. The lowest BCUT2D eigenvalue weighted by Gasteiger charge is -2.30. The summed E-state index contributed by atoms with van der Waals surface area (Å²) in [5, 5.41) is 8.29. The van der Waals surface area contributed by atoms with Gasteiger partial charge in [-0.05, 0) is 69.1 Å². The van der Waals surface area contributed by atoms with Crippen molar-refractivity contribution in [1.29, 1.82) is 0 Å². The molecule has 1 atom stereocenters. The number of ether oxygens (including phenoxy) is 1. The molecule has 5 N–H and O–H groups in total. The lowest BCUT2D eigenvalue weighted by Crippen LogP contribution is -2.39. The van der Waals surface area contributed by atoms with Crippen LogP contribution < -0.4 is 21.1 Å². The lowest BCUT2D eigenvalue weighted by atomic mass is 10.1. The third-order valence-corrected chi connectivity index (χ3v) is 8.70. The molecule has 11 nitrogen and oxygen atoms in total. The molecule has 3 aromatic rings. The van der Waals surface area contributed by atoms with Gasteiger partial charge in [-0.1, -0.05) is 49.4 Å². The molecule has 1 unspecified atom stereocenters. The second-order valence-electron chi connectivity index (χ2n) is 11.0. The maximum absolute atomic E-state index is 13.2. The minimum Gasteiger partial charge on any atom is -0.444 e. The Morgan fingerprint density at radius 1 is 1.07 bits per heavy atom. The normalized spacial score (nSPS) is 15.4. The van der Waals surface area contributed by atoms with Crippen molar-refractivity contribution in [3.8, 4) is 11.1 Å². The van der Waals surface area contributed by atoms with E-state index >= 15 is 0 Å². The zero-order chi connectivity index (χ0) is 31.9. The number of piperidine rings is 1. The summed E-state index contributed by atoms with van der Waals surface area (Å²) >= 11 is 0. The van der Waals surface area contributed by atoms with Gasteiger partial charge in [-0.15, -0.1) is 0 Å². The molecular formula is C32H40N6O5S. The molecular weight excluding hydrogens is 580 g/mol. The fourth-order valence-corrected chi connectivity index (χ4v) is 5.80. The smallest absolute Gasteiger partial charge is 0.435 e. The number of nitrogens with two attached hydrogens (primary N) is 2. The second-order valence-corrected chi connectivity index (χ2v) is 12.5. The molecule has 3 aromatic carbocycles. The maximum atomic E-state index is 13.2. The van der Waals surface area contributed by atoms with E-state index in [1.54, 1.807) is 60.7 Å². The van der Waals surface area contributed by atoms with Crippen molar-refractivity contribution >= 4 is 39.2 Å². The monoisotopic (exact) mass is 620 g/mol. The summed E-state index contributed by atoms with van der Waals surface area (Å²) in [6.45, 7) is 5.84. The van der Waals surface area contributed by atoms with E-state index in [0.717, 1.165) is 38.0 Å². The van der Waals surface area contributed by atoms with Crippen LogP contribution in [0.25, 0.3) is 11.1 Å². The number of sulfonamides is 1. The van der Waals surface area contributed by atoms with Gasteiger partial charge < -0.3 is 25.6 Å². The van der Waals surface area contributed by atoms with E-state index in [0.29, 0.717) is 22.4 Å². The van der Waals surface area contributed by atoms with E-state index in [4.69, 9.17) is 15.6 Å². The van der Waals surface area contributed by atoms with Gasteiger partial charge in [-0.25, -0.2) is 18.4 Å². The highest BCUT2D eigenvalue weighted by molar-refractivity contribution is 7.89. The molecule has 2 amide bonds. The number of amides is 2. The molecule has 1 aliphatic heterocycles. The minimum atomic E-state index is -3.90. The molecule has 44 heavy (non-hydrogen) atoms. The molecule has 1 aliphatic rings. The fraction of sp³-hybridized carbons (Fsp3) is 0.344. The van der Waals surface area contributed by atoms with Crippen LogP contribution in [-0.4, -0.2) is 70.0 Å². The third-order valence-electron chi connectivity index (χ3n) is 7.73. The van der Waals surface area contributed by atoms with Gasteiger partial charge in [0.15, 0.2) is 0 Å². The summed E-state index contributed by atoms with van der Waals surface area (Å²) in [6.07, 6.45) is 1.42. The van der Waals surface area contributed by atoms with Gasteiger partial charge in [-0.3, -0.25) is 4.79 Å². The van der Waals surface area contributed by atoms with Crippen molar-refractivity contribution in [3.63, 3.8) is 0 Å². The first-order valence-corrected chi connectivity index (χ1v) is 16.1. The van der Waals surface area contributed by atoms with Crippen molar-refractivity contribution < 1.29 is 22.7 Å². The maximum Gasteiger partial charge on any atom is 0.435 e. The number of primary sulfonamides is 1. The molecule has 0 aromatic heterocycles. The number of rotatable bonds is 10. The predicted molar refractivity (Wildman–Crippen MR) is 173 cm³/mol. The Labute approximate surface area is 258 Å². The number of nitrogens with one attached hydrogen (secondary N) is 1. The van der Waals surface area contributed by atoms with E-state index in [2.05, 4.69) is 15.2 Å². The number of amidine groups is 1. The van der Waals surface area contributed by atoms with Gasteiger partial charge in [0.1, 0.15) is 11.9 Å². The average molecular weight is 621 g/mol. The first-order chi connectivity index (χ1) is 20.9. The second kappa shape index (κ2) is 14.5. The molecule has 1 fully saturated rings. The van der Waals surface area contributed by atoms with Crippen LogP contribution in [0.1, 0.15) is 38.7 Å². The van der Waals surface area contributed by atoms with Gasteiger partial charge in [0.05, 0.1) is 11.4 Å². The number of likely N-dealkylation sites (tertiary alicyclic amines) is 1. The molecule has 0 aliphatic carbocycles. The fourth-order valence-electron chi connectivity index (χ4n) is 5.04. The van der Waals surface area contributed by atoms with Gasteiger partial charge in [-0.2, -0.15) is 4.99 Å². The van der Waals surface area contributed by atoms with Crippen LogP contribution in [-0.2, 0) is 19.6 Å². The number of hydrogen-bond acceptors (Lipinski definition) is 7. The van der Waals surface area contributed by atoms with Crippen molar-refractivity contribution in [3.05, 3.63) is 78.4 Å². The summed E-state index contributed by atoms with van der Waals surface area (Å²) < 4.78 is 29.5. The number of aliphatic imine (C=N–C) groups is 1. The van der Waals surface area contributed by atoms with E-state index in [1.807, 2.05) is 31.9 Å². The van der Waals surface area contributed by atoms with Crippen LogP contribution >= 0.6 is 0 Å². The van der Waals surface area contributed by atoms with Gasteiger partial charge in [0.25, 0.3) is 0 Å². The van der Waals surface area contributed by atoms with Crippen molar-refractivity contribution in [2.24, 2.45) is 15.9 Å². The summed E-state index contributed by atoms with van der Waals surface area (Å²) in [4.78, 5) is 33.7. The van der Waals surface area contributed by atoms with Crippen LogP contribution in [0.3, 0.4) is 0 Å². The zero-order valence-corrected chi connectivity index (χ0v) is 26.1. The summed E-state index contributed by atoms with van der Waals surface area (Å²) in [5.74, 6) is -0.195. The number of benzene rings is 3. The van der Waals surface area contributed by atoms with Crippen LogP contribution in [0, 0.1) is 0 Å². The average Bonchev–Trinajstić information content (AvgIpc) is 3.00. The Morgan fingerprint density at radius 2 is 1.75 bits per heavy atom. The highest BCUT2D eigenvalue weighted by Crippen LogP contribution is 2.28. The Kier molecular flexibility index (Phi) is 10.7. The van der Waals surface area contributed by atoms with Crippen molar-refractivity contribution in [2.75, 3.05) is 36.9 Å². The van der Waals surface area contributed by atoms with Gasteiger partial charge in [0, 0.05) is 41.6 Å². The van der Waals surface area contributed by atoms with Crippen molar-refractivity contribution in [2.45, 2.75) is 50.2 Å². The Bertz CT molecular complexity index is 1600.